The minimum atomic E-state index is -2.89. The van der Waals surface area contributed by atoms with Crippen molar-refractivity contribution in [1.29, 1.82) is 0 Å². The van der Waals surface area contributed by atoms with E-state index in [0.717, 1.165) is 30.7 Å². The Balaban J connectivity index is 1.34. The first kappa shape index (κ1) is 21.6. The summed E-state index contributed by atoms with van der Waals surface area (Å²) in [5, 5.41) is 0. The molecule has 1 amide bonds. The molecule has 1 aromatic carbocycles. The molecule has 2 saturated heterocycles. The van der Waals surface area contributed by atoms with Gasteiger partial charge in [-0.1, -0.05) is 12.1 Å². The highest BCUT2D eigenvalue weighted by Crippen LogP contribution is 2.28. The average molecular weight is 457 g/mol. The number of aromatic nitrogens is 3. The number of carbonyl (C=O) groups excluding carboxylic acids is 1. The fourth-order valence-electron chi connectivity index (χ4n) is 4.44. The number of piperidine rings is 1. The van der Waals surface area contributed by atoms with E-state index in [2.05, 4.69) is 19.6 Å². The number of alkyl halides is 2. The number of morpholine rings is 1. The molecule has 1 unspecified atom stereocenters. The first-order valence-electron chi connectivity index (χ1n) is 11.1. The molecule has 2 fully saturated rings. The summed E-state index contributed by atoms with van der Waals surface area (Å²) in [4.78, 5) is 29.4. The number of ether oxygens (including phenoxy) is 2. The van der Waals surface area contributed by atoms with E-state index in [4.69, 9.17) is 9.72 Å². The lowest BCUT2D eigenvalue weighted by atomic mass is 9.96. The molecule has 0 saturated carbocycles. The van der Waals surface area contributed by atoms with Crippen LogP contribution >= 0.6 is 0 Å². The quantitative estimate of drug-likeness (QED) is 0.633. The van der Waals surface area contributed by atoms with Crippen LogP contribution in [-0.2, 0) is 9.53 Å². The fraction of sp³-hybridized carbons (Fsp3) is 0.435. The molecule has 8 nitrogen and oxygen atoms in total. The number of carbonyl (C=O) groups is 1. The van der Waals surface area contributed by atoms with Crippen LogP contribution in [0.5, 0.6) is 5.75 Å². The maximum Gasteiger partial charge on any atom is 0.387 e. The highest BCUT2D eigenvalue weighted by atomic mass is 19.3. The summed E-state index contributed by atoms with van der Waals surface area (Å²) in [6.07, 6.45) is 1.79. The van der Waals surface area contributed by atoms with Crippen LogP contribution in [0.3, 0.4) is 0 Å². The van der Waals surface area contributed by atoms with Crippen LogP contribution in [0, 0.1) is 5.92 Å². The number of pyridine rings is 1. The van der Waals surface area contributed by atoms with Crippen molar-refractivity contribution in [3.05, 3.63) is 36.4 Å². The van der Waals surface area contributed by atoms with Crippen molar-refractivity contribution in [2.45, 2.75) is 19.5 Å². The number of imidazole rings is 1. The summed E-state index contributed by atoms with van der Waals surface area (Å²) in [5.74, 6) is 1.50. The van der Waals surface area contributed by atoms with Crippen molar-refractivity contribution in [2.75, 3.05) is 44.3 Å². The third kappa shape index (κ3) is 4.75. The standard InChI is InChI=1S/C23H25F2N5O3/c24-23(25)33-17-5-1-3-15(13-17)20-26-18-6-7-19(27-21(18)28-20)30-8-2-4-16(14-30)22(31)29-9-11-32-12-10-29/h1,3,5-7,13,16,23H,2,4,8-12,14H2,(H,26,27,28). The molecule has 4 heterocycles. The van der Waals surface area contributed by atoms with Crippen molar-refractivity contribution in [1.82, 2.24) is 19.9 Å². The molecule has 0 spiro atoms. The number of aromatic amines is 1. The predicted molar refractivity (Wildman–Crippen MR) is 118 cm³/mol. The van der Waals surface area contributed by atoms with Crippen molar-refractivity contribution in [3.63, 3.8) is 0 Å². The van der Waals surface area contributed by atoms with Crippen LogP contribution < -0.4 is 9.64 Å². The van der Waals surface area contributed by atoms with Crippen LogP contribution in [0.2, 0.25) is 0 Å². The number of hydrogen-bond acceptors (Lipinski definition) is 6. The number of hydrogen-bond donors (Lipinski definition) is 1. The normalized spacial score (nSPS) is 19.3. The molecule has 2 aliphatic heterocycles. The Kier molecular flexibility index (Phi) is 6.08. The Morgan fingerprint density at radius 3 is 2.82 bits per heavy atom. The van der Waals surface area contributed by atoms with E-state index in [0.29, 0.717) is 49.9 Å². The molecule has 10 heteroatoms. The molecule has 33 heavy (non-hydrogen) atoms. The van der Waals surface area contributed by atoms with Gasteiger partial charge >= 0.3 is 6.61 Å². The molecule has 5 rings (SSSR count). The number of anilines is 1. The van der Waals surface area contributed by atoms with Gasteiger partial charge in [0.15, 0.2) is 5.65 Å². The smallest absolute Gasteiger partial charge is 0.387 e. The predicted octanol–water partition coefficient (Wildman–Crippen LogP) is 3.30. The summed E-state index contributed by atoms with van der Waals surface area (Å²) in [5.41, 5.74) is 1.90. The van der Waals surface area contributed by atoms with E-state index >= 15 is 0 Å². The van der Waals surface area contributed by atoms with Gasteiger partial charge in [-0.25, -0.2) is 9.97 Å². The number of rotatable bonds is 5. The van der Waals surface area contributed by atoms with E-state index < -0.39 is 6.61 Å². The number of nitrogens with zero attached hydrogens (tertiary/aromatic N) is 4. The lowest BCUT2D eigenvalue weighted by Gasteiger charge is -2.36. The van der Waals surface area contributed by atoms with Gasteiger partial charge in [-0.05, 0) is 37.1 Å². The molecule has 2 aliphatic rings. The first-order chi connectivity index (χ1) is 16.1. The third-order valence-corrected chi connectivity index (χ3v) is 6.08. The number of halogens is 2. The fourth-order valence-corrected chi connectivity index (χ4v) is 4.44. The second-order valence-corrected chi connectivity index (χ2v) is 8.26. The Hall–Kier alpha value is -3.27. The zero-order chi connectivity index (χ0) is 22.8. The average Bonchev–Trinajstić information content (AvgIpc) is 3.28. The van der Waals surface area contributed by atoms with Crippen LogP contribution in [0.1, 0.15) is 12.8 Å². The molecule has 3 aromatic rings. The van der Waals surface area contributed by atoms with Crippen molar-refractivity contribution in [2.24, 2.45) is 5.92 Å². The molecule has 1 N–H and O–H groups in total. The van der Waals surface area contributed by atoms with Gasteiger partial charge in [-0.15, -0.1) is 0 Å². The summed E-state index contributed by atoms with van der Waals surface area (Å²) in [6, 6.07) is 10.2. The molecule has 0 radical (unpaired) electrons. The lowest BCUT2D eigenvalue weighted by molar-refractivity contribution is -0.139. The van der Waals surface area contributed by atoms with Crippen molar-refractivity contribution >= 4 is 22.9 Å². The van der Waals surface area contributed by atoms with Crippen LogP contribution in [-0.4, -0.2) is 71.8 Å². The molecule has 174 valence electrons. The maximum atomic E-state index is 12.9. The Labute approximate surface area is 189 Å². The largest absolute Gasteiger partial charge is 0.435 e. The third-order valence-electron chi connectivity index (χ3n) is 6.08. The second-order valence-electron chi connectivity index (χ2n) is 8.26. The summed E-state index contributed by atoms with van der Waals surface area (Å²) in [7, 11) is 0. The number of benzene rings is 1. The Morgan fingerprint density at radius 2 is 2.00 bits per heavy atom. The number of nitrogens with one attached hydrogen (secondary N) is 1. The first-order valence-corrected chi connectivity index (χ1v) is 11.1. The van der Waals surface area contributed by atoms with Crippen LogP contribution in [0.15, 0.2) is 36.4 Å². The maximum absolute atomic E-state index is 12.9. The minimum absolute atomic E-state index is 0.0540. The second kappa shape index (κ2) is 9.30. The van der Waals surface area contributed by atoms with Gasteiger partial charge in [0, 0.05) is 31.7 Å². The highest BCUT2D eigenvalue weighted by Gasteiger charge is 2.30. The van der Waals surface area contributed by atoms with Gasteiger partial charge in [0.05, 0.1) is 24.6 Å². The van der Waals surface area contributed by atoms with E-state index in [1.54, 1.807) is 12.1 Å². The molecular formula is C23H25F2N5O3. The summed E-state index contributed by atoms with van der Waals surface area (Å²) < 4.78 is 34.9. The summed E-state index contributed by atoms with van der Waals surface area (Å²) in [6.45, 7) is 1.06. The van der Waals surface area contributed by atoms with Gasteiger partial charge < -0.3 is 24.3 Å². The van der Waals surface area contributed by atoms with Gasteiger partial charge in [-0.2, -0.15) is 8.78 Å². The monoisotopic (exact) mass is 457 g/mol. The van der Waals surface area contributed by atoms with E-state index in [-0.39, 0.29) is 17.6 Å². The summed E-state index contributed by atoms with van der Waals surface area (Å²) >= 11 is 0. The van der Waals surface area contributed by atoms with Crippen molar-refractivity contribution < 1.29 is 23.0 Å². The Bertz CT molecular complexity index is 1130. The molecule has 2 aromatic heterocycles. The van der Waals surface area contributed by atoms with Gasteiger partial charge in [0.25, 0.3) is 0 Å². The van der Waals surface area contributed by atoms with Gasteiger partial charge in [-0.3, -0.25) is 4.79 Å². The van der Waals surface area contributed by atoms with E-state index in [1.165, 1.54) is 12.1 Å². The van der Waals surface area contributed by atoms with Gasteiger partial charge in [0.1, 0.15) is 17.4 Å². The zero-order valence-electron chi connectivity index (χ0n) is 18.0. The van der Waals surface area contributed by atoms with Crippen LogP contribution in [0.4, 0.5) is 14.6 Å². The minimum Gasteiger partial charge on any atom is -0.435 e. The molecule has 1 atom stereocenters. The number of fused-ring (bicyclic) bond motifs is 1. The molecular weight excluding hydrogens is 432 g/mol. The van der Waals surface area contributed by atoms with E-state index in [1.807, 2.05) is 17.0 Å². The SMILES string of the molecule is O=C(C1CCCN(c2ccc3[nH]c(-c4cccc(OC(F)F)c4)nc3n2)C1)N1CCOCC1. The zero-order valence-corrected chi connectivity index (χ0v) is 18.0. The number of H-pyrrole nitrogens is 1. The molecule has 0 bridgehead atoms. The topological polar surface area (TPSA) is 83.6 Å². The van der Waals surface area contributed by atoms with Crippen LogP contribution in [0.25, 0.3) is 22.6 Å². The molecule has 0 aliphatic carbocycles. The number of amides is 1. The van der Waals surface area contributed by atoms with E-state index in [9.17, 15) is 13.6 Å². The van der Waals surface area contributed by atoms with Gasteiger partial charge in [0.2, 0.25) is 5.91 Å². The lowest BCUT2D eigenvalue weighted by Crippen LogP contribution is -2.48. The highest BCUT2D eigenvalue weighted by molar-refractivity contribution is 5.80. The Morgan fingerprint density at radius 1 is 1.15 bits per heavy atom. The van der Waals surface area contributed by atoms with Crippen molar-refractivity contribution in [3.8, 4) is 17.1 Å².